The van der Waals surface area contributed by atoms with Crippen molar-refractivity contribution in [1.82, 2.24) is 10.2 Å². The fourth-order valence-corrected chi connectivity index (χ4v) is 6.29. The zero-order valence-corrected chi connectivity index (χ0v) is 27.7. The number of nitro groups is 1. The molecule has 3 aromatic rings. The number of benzene rings is 3. The van der Waals surface area contributed by atoms with Crippen LogP contribution in [0.2, 0.25) is 0 Å². The number of carbonyl (C=O) groups is 2. The molecule has 12 heteroatoms. The molecule has 12 nitrogen and oxygen atoms in total. The Morgan fingerprint density at radius 1 is 0.816 bits per heavy atom. The second-order valence-electron chi connectivity index (χ2n) is 12.7. The van der Waals surface area contributed by atoms with E-state index in [0.717, 1.165) is 79.9 Å². The molecular formula is C37H46N4O8. The quantitative estimate of drug-likeness (QED) is 0.101. The lowest BCUT2D eigenvalue weighted by molar-refractivity contribution is -0.384. The van der Waals surface area contributed by atoms with Gasteiger partial charge in [0.05, 0.1) is 23.7 Å². The summed E-state index contributed by atoms with van der Waals surface area (Å²) in [5.41, 5.74) is 4.79. The summed E-state index contributed by atoms with van der Waals surface area (Å²) in [6, 6.07) is 22.4. The number of ether oxygens (including phenoxy) is 2. The molecule has 3 atom stereocenters. The lowest BCUT2D eigenvalue weighted by atomic mass is 9.99. The summed E-state index contributed by atoms with van der Waals surface area (Å²) in [5, 5.41) is 32.3. The van der Waals surface area contributed by atoms with E-state index in [1.54, 1.807) is 12.1 Å². The first-order valence-electron chi connectivity index (χ1n) is 17.1. The van der Waals surface area contributed by atoms with E-state index in [4.69, 9.17) is 14.6 Å². The largest absolute Gasteiger partial charge is 0.481 e. The SMILES string of the molecule is O=C(O)CCCCCCC(=O)NCc1ccc([C@@H]2O[C@H](CN3CCN(c4ccc([N+](=O)[O-])cc4)CC3)C[C@H](c3ccc(CO)cc3)O2)cc1. The van der Waals surface area contributed by atoms with Crippen LogP contribution in [-0.2, 0) is 32.2 Å². The van der Waals surface area contributed by atoms with Gasteiger partial charge in [0.25, 0.3) is 5.69 Å². The second-order valence-corrected chi connectivity index (χ2v) is 12.7. The van der Waals surface area contributed by atoms with E-state index in [1.807, 2.05) is 60.7 Å². The van der Waals surface area contributed by atoms with Crippen LogP contribution in [0.15, 0.2) is 72.8 Å². The molecule has 262 valence electrons. The first-order chi connectivity index (χ1) is 23.8. The number of non-ortho nitro benzene ring substituents is 1. The second kappa shape index (κ2) is 17.9. The number of aliphatic carboxylic acids is 1. The monoisotopic (exact) mass is 674 g/mol. The number of carboxylic acid groups (broad SMARTS) is 1. The fourth-order valence-electron chi connectivity index (χ4n) is 6.29. The summed E-state index contributed by atoms with van der Waals surface area (Å²) in [5.74, 6) is -0.806. The number of amides is 1. The molecule has 0 radical (unpaired) electrons. The predicted octanol–water partition coefficient (Wildman–Crippen LogP) is 5.50. The van der Waals surface area contributed by atoms with Gasteiger partial charge in [0.2, 0.25) is 5.91 Å². The van der Waals surface area contributed by atoms with Crippen molar-refractivity contribution in [3.05, 3.63) is 105 Å². The van der Waals surface area contributed by atoms with Crippen molar-refractivity contribution in [2.45, 2.75) is 76.6 Å². The summed E-state index contributed by atoms with van der Waals surface area (Å²) < 4.78 is 13.1. The molecule has 3 aromatic carbocycles. The average molecular weight is 675 g/mol. The Morgan fingerprint density at radius 2 is 1.45 bits per heavy atom. The number of aliphatic hydroxyl groups is 1. The molecule has 0 unspecified atom stereocenters. The van der Waals surface area contributed by atoms with Crippen molar-refractivity contribution in [3.8, 4) is 0 Å². The van der Waals surface area contributed by atoms with Crippen molar-refractivity contribution in [2.24, 2.45) is 0 Å². The highest BCUT2D eigenvalue weighted by molar-refractivity contribution is 5.75. The smallest absolute Gasteiger partial charge is 0.303 e. The van der Waals surface area contributed by atoms with Gasteiger partial charge >= 0.3 is 5.97 Å². The van der Waals surface area contributed by atoms with E-state index in [2.05, 4.69) is 15.1 Å². The number of piperazine rings is 1. The van der Waals surface area contributed by atoms with Crippen LogP contribution >= 0.6 is 0 Å². The fraction of sp³-hybridized carbons (Fsp3) is 0.459. The lowest BCUT2D eigenvalue weighted by Gasteiger charge is -2.41. The van der Waals surface area contributed by atoms with Gasteiger partial charge in [0, 0.05) is 81.9 Å². The van der Waals surface area contributed by atoms with Crippen molar-refractivity contribution in [1.29, 1.82) is 0 Å². The van der Waals surface area contributed by atoms with Gasteiger partial charge in [-0.05, 0) is 41.7 Å². The Morgan fingerprint density at radius 3 is 2.08 bits per heavy atom. The molecule has 2 fully saturated rings. The maximum Gasteiger partial charge on any atom is 0.303 e. The minimum absolute atomic E-state index is 0.0204. The Balaban J connectivity index is 1.16. The van der Waals surface area contributed by atoms with Crippen molar-refractivity contribution in [2.75, 3.05) is 37.6 Å². The molecule has 0 aromatic heterocycles. The van der Waals surface area contributed by atoms with Crippen molar-refractivity contribution < 1.29 is 34.2 Å². The zero-order chi connectivity index (χ0) is 34.6. The number of nitrogens with zero attached hydrogens (tertiary/aromatic N) is 3. The third kappa shape index (κ3) is 10.8. The first-order valence-corrected chi connectivity index (χ1v) is 17.1. The van der Waals surface area contributed by atoms with Crippen molar-refractivity contribution >= 4 is 23.3 Å². The molecule has 2 aliphatic heterocycles. The number of aliphatic hydroxyl groups excluding tert-OH is 1. The number of rotatable bonds is 16. The Labute approximate surface area is 286 Å². The van der Waals surface area contributed by atoms with E-state index < -0.39 is 12.3 Å². The van der Waals surface area contributed by atoms with Crippen LogP contribution in [-0.4, -0.2) is 70.7 Å². The van der Waals surface area contributed by atoms with E-state index in [1.165, 1.54) is 0 Å². The minimum atomic E-state index is -0.785. The highest BCUT2D eigenvalue weighted by atomic mass is 16.7. The van der Waals surface area contributed by atoms with Crippen molar-refractivity contribution in [3.63, 3.8) is 0 Å². The van der Waals surface area contributed by atoms with Gasteiger partial charge in [-0.2, -0.15) is 0 Å². The summed E-state index contributed by atoms with van der Waals surface area (Å²) in [7, 11) is 0. The molecule has 1 amide bonds. The Bertz CT molecular complexity index is 1510. The van der Waals surface area contributed by atoms with Gasteiger partial charge in [-0.25, -0.2) is 0 Å². The molecule has 0 saturated carbocycles. The van der Waals surface area contributed by atoms with E-state index in [-0.39, 0.29) is 41.8 Å². The van der Waals surface area contributed by atoms with Gasteiger partial charge in [-0.1, -0.05) is 61.4 Å². The van der Waals surface area contributed by atoms with Gasteiger partial charge < -0.3 is 29.9 Å². The van der Waals surface area contributed by atoms with Crippen LogP contribution in [0.1, 0.15) is 79.6 Å². The Kier molecular flexibility index (Phi) is 13.1. The number of nitro benzene ring substituents is 1. The number of hydrogen-bond donors (Lipinski definition) is 3. The van der Waals surface area contributed by atoms with Crippen LogP contribution in [0.25, 0.3) is 0 Å². The molecule has 5 rings (SSSR count). The average Bonchev–Trinajstić information content (AvgIpc) is 3.12. The number of anilines is 1. The molecule has 0 spiro atoms. The van der Waals surface area contributed by atoms with Gasteiger partial charge in [-0.15, -0.1) is 0 Å². The number of carboxylic acids is 1. The Hall–Kier alpha value is -4.36. The molecule has 2 aliphatic rings. The predicted molar refractivity (Wildman–Crippen MR) is 184 cm³/mol. The number of unbranched alkanes of at least 4 members (excludes halogenated alkanes) is 3. The van der Waals surface area contributed by atoms with Gasteiger partial charge in [0.1, 0.15) is 0 Å². The molecule has 3 N–H and O–H groups in total. The standard InChI is InChI=1S/C37H46N4O8/c42-26-28-9-11-29(12-10-28)34-23-33(25-39-19-21-40(22-20-39)31-15-17-32(18-16-31)41(46)47)48-37(49-34)30-13-7-27(8-14-30)24-38-35(43)5-3-1-2-4-6-36(44)45/h7-18,33-34,37,42H,1-6,19-26H2,(H,38,43)(H,44,45)/t33-,34+,37+/m0/s1. The van der Waals surface area contributed by atoms with Gasteiger partial charge in [0.15, 0.2) is 6.29 Å². The van der Waals surface area contributed by atoms with Crippen LogP contribution in [0.4, 0.5) is 11.4 Å². The van der Waals surface area contributed by atoms with Crippen LogP contribution in [0.3, 0.4) is 0 Å². The third-order valence-electron chi connectivity index (χ3n) is 9.16. The highest BCUT2D eigenvalue weighted by Gasteiger charge is 2.34. The summed E-state index contributed by atoms with van der Waals surface area (Å²) in [6.07, 6.45) is 3.43. The summed E-state index contributed by atoms with van der Waals surface area (Å²) in [4.78, 5) is 38.2. The summed E-state index contributed by atoms with van der Waals surface area (Å²) in [6.45, 7) is 4.42. The highest BCUT2D eigenvalue weighted by Crippen LogP contribution is 2.38. The van der Waals surface area contributed by atoms with Crippen LogP contribution in [0, 0.1) is 10.1 Å². The lowest BCUT2D eigenvalue weighted by Crippen LogP contribution is -2.49. The minimum Gasteiger partial charge on any atom is -0.481 e. The van der Waals surface area contributed by atoms with E-state index >= 15 is 0 Å². The van der Waals surface area contributed by atoms with E-state index in [0.29, 0.717) is 25.8 Å². The molecule has 49 heavy (non-hydrogen) atoms. The molecule has 0 aliphatic carbocycles. The normalized spacial score (nSPS) is 19.8. The number of carbonyl (C=O) groups excluding carboxylic acids is 1. The maximum atomic E-state index is 12.3. The topological polar surface area (TPSA) is 155 Å². The molecular weight excluding hydrogens is 628 g/mol. The number of hydrogen-bond acceptors (Lipinski definition) is 9. The molecule has 2 saturated heterocycles. The molecule has 2 heterocycles. The number of nitrogens with one attached hydrogen (secondary N) is 1. The first kappa shape index (κ1) is 35.9. The molecule has 0 bridgehead atoms. The van der Waals surface area contributed by atoms with Crippen LogP contribution < -0.4 is 10.2 Å². The van der Waals surface area contributed by atoms with Gasteiger partial charge in [-0.3, -0.25) is 24.6 Å². The maximum absolute atomic E-state index is 12.3. The third-order valence-corrected chi connectivity index (χ3v) is 9.16. The zero-order valence-electron chi connectivity index (χ0n) is 27.7. The van der Waals surface area contributed by atoms with E-state index in [9.17, 15) is 24.8 Å². The van der Waals surface area contributed by atoms with Crippen LogP contribution in [0.5, 0.6) is 0 Å². The summed E-state index contributed by atoms with van der Waals surface area (Å²) >= 11 is 0.